The summed E-state index contributed by atoms with van der Waals surface area (Å²) >= 11 is 1.23. The molecule has 28 heavy (non-hydrogen) atoms. The molecule has 1 fully saturated rings. The molecular formula is C21H22N4O2S. The molecule has 0 atom stereocenters. The van der Waals surface area contributed by atoms with E-state index >= 15 is 0 Å². The molecule has 7 heteroatoms. The summed E-state index contributed by atoms with van der Waals surface area (Å²) in [5.74, 6) is -0.138. The molecule has 2 heterocycles. The maximum atomic E-state index is 12.8. The van der Waals surface area contributed by atoms with E-state index in [2.05, 4.69) is 15.6 Å². The Kier molecular flexibility index (Phi) is 5.34. The summed E-state index contributed by atoms with van der Waals surface area (Å²) in [6.07, 6.45) is 5.84. The van der Waals surface area contributed by atoms with Gasteiger partial charge in [-0.15, -0.1) is 11.3 Å². The Morgan fingerprint density at radius 3 is 2.64 bits per heavy atom. The molecule has 1 aliphatic carbocycles. The molecule has 2 amide bonds. The van der Waals surface area contributed by atoms with Crippen LogP contribution in [0, 0.1) is 0 Å². The summed E-state index contributed by atoms with van der Waals surface area (Å²) in [7, 11) is 0. The fourth-order valence-electron chi connectivity index (χ4n) is 3.69. The van der Waals surface area contributed by atoms with Gasteiger partial charge in [-0.25, -0.2) is 4.98 Å². The van der Waals surface area contributed by atoms with Gasteiger partial charge in [0.25, 0.3) is 5.91 Å². The number of amides is 2. The molecule has 1 saturated carbocycles. The lowest BCUT2D eigenvalue weighted by molar-refractivity contribution is -0.114. The molecule has 6 nitrogen and oxygen atoms in total. The van der Waals surface area contributed by atoms with Crippen LogP contribution in [0.3, 0.4) is 0 Å². The Morgan fingerprint density at radius 2 is 1.86 bits per heavy atom. The molecular weight excluding hydrogens is 372 g/mol. The predicted octanol–water partition coefficient (Wildman–Crippen LogP) is 4.95. The van der Waals surface area contributed by atoms with Crippen molar-refractivity contribution in [2.24, 2.45) is 0 Å². The number of fused-ring (bicyclic) bond motifs is 1. The normalized spacial score (nSPS) is 14.8. The number of hydrogen-bond acceptors (Lipinski definition) is 5. The lowest BCUT2D eigenvalue weighted by Gasteiger charge is -2.24. The van der Waals surface area contributed by atoms with E-state index in [1.165, 1.54) is 37.5 Å². The Hall–Kier alpha value is -2.80. The molecule has 0 aliphatic heterocycles. The van der Waals surface area contributed by atoms with Crippen LogP contribution in [-0.2, 0) is 4.79 Å². The standard InChI is InChI=1S/C21H22N4O2S/c1-13(26)22-21-25-18(12-28-21)20(27)24-17-11-15-9-5-6-10-16(15)23-19(17)14-7-3-2-4-8-14/h5-6,9-12,14H,2-4,7-8H2,1H3,(H,24,27)(H,22,25,26). The summed E-state index contributed by atoms with van der Waals surface area (Å²) in [5, 5.41) is 8.68. The van der Waals surface area contributed by atoms with Crippen molar-refractivity contribution in [3.63, 3.8) is 0 Å². The Morgan fingerprint density at radius 1 is 1.07 bits per heavy atom. The van der Waals surface area contributed by atoms with Crippen molar-refractivity contribution >= 4 is 44.9 Å². The van der Waals surface area contributed by atoms with Gasteiger partial charge in [-0.2, -0.15) is 0 Å². The third-order valence-electron chi connectivity index (χ3n) is 5.01. The molecule has 3 aromatic rings. The molecule has 1 aliphatic rings. The second kappa shape index (κ2) is 8.06. The minimum atomic E-state index is -0.290. The van der Waals surface area contributed by atoms with Crippen molar-refractivity contribution in [3.8, 4) is 0 Å². The van der Waals surface area contributed by atoms with E-state index in [4.69, 9.17) is 4.98 Å². The monoisotopic (exact) mass is 394 g/mol. The summed E-state index contributed by atoms with van der Waals surface area (Å²) in [4.78, 5) is 33.1. The third-order valence-corrected chi connectivity index (χ3v) is 5.77. The molecule has 0 bridgehead atoms. The van der Waals surface area contributed by atoms with Crippen LogP contribution >= 0.6 is 11.3 Å². The highest BCUT2D eigenvalue weighted by atomic mass is 32.1. The van der Waals surface area contributed by atoms with E-state index in [0.717, 1.165) is 35.1 Å². The zero-order valence-electron chi connectivity index (χ0n) is 15.7. The number of carbonyl (C=O) groups is 2. The summed E-state index contributed by atoms with van der Waals surface area (Å²) in [6, 6.07) is 9.96. The van der Waals surface area contributed by atoms with Crippen LogP contribution in [0.15, 0.2) is 35.7 Å². The average molecular weight is 395 g/mol. The summed E-state index contributed by atoms with van der Waals surface area (Å²) in [6.45, 7) is 1.42. The SMILES string of the molecule is CC(=O)Nc1nc(C(=O)Nc2cc3ccccc3nc2C2CCCCC2)cs1. The van der Waals surface area contributed by atoms with Gasteiger partial charge in [-0.1, -0.05) is 37.5 Å². The smallest absolute Gasteiger partial charge is 0.275 e. The van der Waals surface area contributed by atoms with Crippen LogP contribution in [0.4, 0.5) is 10.8 Å². The van der Waals surface area contributed by atoms with Crippen molar-refractivity contribution in [1.29, 1.82) is 0 Å². The van der Waals surface area contributed by atoms with E-state index < -0.39 is 0 Å². The second-order valence-electron chi connectivity index (χ2n) is 7.12. The molecule has 4 rings (SSSR count). The van der Waals surface area contributed by atoms with Crippen LogP contribution in [0.5, 0.6) is 0 Å². The van der Waals surface area contributed by atoms with Gasteiger partial charge in [0.05, 0.1) is 16.9 Å². The van der Waals surface area contributed by atoms with E-state index in [1.54, 1.807) is 5.38 Å². The number of nitrogens with one attached hydrogen (secondary N) is 2. The number of rotatable bonds is 4. The van der Waals surface area contributed by atoms with Crippen LogP contribution in [0.25, 0.3) is 10.9 Å². The molecule has 2 aromatic heterocycles. The first-order valence-electron chi connectivity index (χ1n) is 9.54. The predicted molar refractivity (Wildman–Crippen MR) is 112 cm³/mol. The van der Waals surface area contributed by atoms with Gasteiger partial charge in [-0.3, -0.25) is 14.6 Å². The van der Waals surface area contributed by atoms with Gasteiger partial charge in [0.2, 0.25) is 5.91 Å². The summed E-state index contributed by atoms with van der Waals surface area (Å²) in [5.41, 5.74) is 2.95. The van der Waals surface area contributed by atoms with Gasteiger partial charge < -0.3 is 10.6 Å². The van der Waals surface area contributed by atoms with Crippen LogP contribution in [0.1, 0.15) is 61.1 Å². The Balaban J connectivity index is 1.65. The first-order chi connectivity index (χ1) is 13.6. The molecule has 1 aromatic carbocycles. The quantitative estimate of drug-likeness (QED) is 0.656. The second-order valence-corrected chi connectivity index (χ2v) is 7.98. The number of anilines is 2. The molecule has 0 spiro atoms. The molecule has 2 N–H and O–H groups in total. The molecule has 0 unspecified atom stereocenters. The lowest BCUT2D eigenvalue weighted by Crippen LogP contribution is -2.17. The van der Waals surface area contributed by atoms with Crippen LogP contribution in [-0.4, -0.2) is 21.8 Å². The number of thiazole rings is 1. The maximum Gasteiger partial charge on any atom is 0.275 e. The van der Waals surface area contributed by atoms with E-state index in [9.17, 15) is 9.59 Å². The van der Waals surface area contributed by atoms with Crippen molar-refractivity contribution in [1.82, 2.24) is 9.97 Å². The third kappa shape index (κ3) is 4.04. The van der Waals surface area contributed by atoms with Gasteiger partial charge >= 0.3 is 0 Å². The number of para-hydroxylation sites is 1. The van der Waals surface area contributed by atoms with Crippen LogP contribution < -0.4 is 10.6 Å². The number of carbonyl (C=O) groups excluding carboxylic acids is 2. The van der Waals surface area contributed by atoms with Gasteiger partial charge in [0.15, 0.2) is 5.13 Å². The zero-order valence-corrected chi connectivity index (χ0v) is 16.5. The van der Waals surface area contributed by atoms with Crippen molar-refractivity contribution < 1.29 is 9.59 Å². The fraction of sp³-hybridized carbons (Fsp3) is 0.333. The Labute approximate surface area is 167 Å². The maximum absolute atomic E-state index is 12.8. The topological polar surface area (TPSA) is 84.0 Å². The largest absolute Gasteiger partial charge is 0.319 e. The highest BCUT2D eigenvalue weighted by molar-refractivity contribution is 7.14. The van der Waals surface area contributed by atoms with E-state index in [-0.39, 0.29) is 17.5 Å². The van der Waals surface area contributed by atoms with E-state index in [1.807, 2.05) is 30.3 Å². The number of hydrogen-bond donors (Lipinski definition) is 2. The van der Waals surface area contributed by atoms with Crippen LogP contribution in [0.2, 0.25) is 0 Å². The number of nitrogens with zero attached hydrogens (tertiary/aromatic N) is 2. The van der Waals surface area contributed by atoms with Gasteiger partial charge in [0.1, 0.15) is 5.69 Å². The minimum absolute atomic E-state index is 0.209. The minimum Gasteiger partial charge on any atom is -0.319 e. The first kappa shape index (κ1) is 18.6. The summed E-state index contributed by atoms with van der Waals surface area (Å²) < 4.78 is 0. The molecule has 144 valence electrons. The molecule has 0 saturated heterocycles. The number of pyridine rings is 1. The zero-order chi connectivity index (χ0) is 19.5. The Bertz CT molecular complexity index is 1020. The first-order valence-corrected chi connectivity index (χ1v) is 10.4. The molecule has 0 radical (unpaired) electrons. The van der Waals surface area contributed by atoms with Crippen molar-refractivity contribution in [2.75, 3.05) is 10.6 Å². The van der Waals surface area contributed by atoms with Gasteiger partial charge in [0, 0.05) is 23.6 Å². The highest BCUT2D eigenvalue weighted by Crippen LogP contribution is 2.37. The van der Waals surface area contributed by atoms with Gasteiger partial charge in [-0.05, 0) is 25.0 Å². The fourth-order valence-corrected chi connectivity index (χ4v) is 4.43. The number of benzene rings is 1. The highest BCUT2D eigenvalue weighted by Gasteiger charge is 2.22. The van der Waals surface area contributed by atoms with Crippen molar-refractivity contribution in [2.45, 2.75) is 44.9 Å². The average Bonchev–Trinajstić information content (AvgIpc) is 3.16. The van der Waals surface area contributed by atoms with Crippen molar-refractivity contribution in [3.05, 3.63) is 47.1 Å². The lowest BCUT2D eigenvalue weighted by atomic mass is 9.85. The van der Waals surface area contributed by atoms with E-state index in [0.29, 0.717) is 11.0 Å². The number of aromatic nitrogens is 2.